The monoisotopic (exact) mass is 230 g/mol. The number of halogens is 1. The molecule has 0 aliphatic carbocycles. The molecule has 0 atom stereocenters. The predicted octanol–water partition coefficient (Wildman–Crippen LogP) is 1.70. The largest absolute Gasteiger partial charge is 0.303 e. The Balaban J connectivity index is 2.50. The highest BCUT2D eigenvalue weighted by Gasteiger charge is 2.01. The molecule has 0 aromatic carbocycles. The zero-order valence-corrected chi connectivity index (χ0v) is 8.54. The molecule has 1 aromatic heterocycles. The Bertz CT molecular complexity index is 270. The molecule has 12 heavy (non-hydrogen) atoms. The zero-order chi connectivity index (χ0) is 8.97. The fourth-order valence-electron chi connectivity index (χ4n) is 1.07. The first-order valence-corrected chi connectivity index (χ1v) is 4.65. The number of aromatic nitrogens is 2. The van der Waals surface area contributed by atoms with Crippen molar-refractivity contribution in [3.63, 3.8) is 0 Å². The van der Waals surface area contributed by atoms with E-state index in [0.29, 0.717) is 6.42 Å². The lowest BCUT2D eigenvalue weighted by Crippen LogP contribution is -1.97. The number of rotatable bonds is 4. The van der Waals surface area contributed by atoms with Gasteiger partial charge >= 0.3 is 0 Å². The van der Waals surface area contributed by atoms with E-state index in [1.807, 2.05) is 17.8 Å². The SMILES string of the molecule is Cn1nc(Br)cc1CCCC=O. The lowest BCUT2D eigenvalue weighted by Gasteiger charge is -1.97. The highest BCUT2D eigenvalue weighted by molar-refractivity contribution is 9.10. The molecular weight excluding hydrogens is 220 g/mol. The van der Waals surface area contributed by atoms with Crippen LogP contribution in [0.2, 0.25) is 0 Å². The van der Waals surface area contributed by atoms with Gasteiger partial charge in [-0.25, -0.2) is 0 Å². The molecule has 0 spiro atoms. The topological polar surface area (TPSA) is 34.9 Å². The number of carbonyl (C=O) groups excluding carboxylic acids is 1. The fourth-order valence-corrected chi connectivity index (χ4v) is 1.57. The van der Waals surface area contributed by atoms with Crippen LogP contribution in [0.25, 0.3) is 0 Å². The minimum Gasteiger partial charge on any atom is -0.303 e. The molecule has 4 heteroatoms. The molecule has 0 bridgehead atoms. The van der Waals surface area contributed by atoms with E-state index < -0.39 is 0 Å². The molecule has 0 aliphatic rings. The number of hydrogen-bond donors (Lipinski definition) is 0. The van der Waals surface area contributed by atoms with Crippen molar-refractivity contribution in [1.82, 2.24) is 9.78 Å². The number of nitrogens with zero attached hydrogens (tertiary/aromatic N) is 2. The highest BCUT2D eigenvalue weighted by Crippen LogP contribution is 2.11. The first kappa shape index (κ1) is 9.45. The van der Waals surface area contributed by atoms with Gasteiger partial charge in [0.2, 0.25) is 0 Å². The summed E-state index contributed by atoms with van der Waals surface area (Å²) in [7, 11) is 1.90. The average Bonchev–Trinajstić information content (AvgIpc) is 2.31. The summed E-state index contributed by atoms with van der Waals surface area (Å²) in [6, 6.07) is 1.98. The summed E-state index contributed by atoms with van der Waals surface area (Å²) in [6.45, 7) is 0. The second-order valence-electron chi connectivity index (χ2n) is 2.64. The van der Waals surface area contributed by atoms with Crippen LogP contribution in [0.15, 0.2) is 10.7 Å². The molecule has 0 saturated heterocycles. The van der Waals surface area contributed by atoms with Crippen molar-refractivity contribution in [2.75, 3.05) is 0 Å². The van der Waals surface area contributed by atoms with Crippen molar-refractivity contribution in [3.05, 3.63) is 16.4 Å². The van der Waals surface area contributed by atoms with Gasteiger partial charge in [-0.05, 0) is 34.8 Å². The minimum atomic E-state index is 0.628. The summed E-state index contributed by atoms with van der Waals surface area (Å²) in [6.07, 6.45) is 3.39. The summed E-state index contributed by atoms with van der Waals surface area (Å²) in [5.41, 5.74) is 1.16. The number of carbonyl (C=O) groups is 1. The number of hydrogen-bond acceptors (Lipinski definition) is 2. The van der Waals surface area contributed by atoms with Crippen molar-refractivity contribution in [2.45, 2.75) is 19.3 Å². The molecule has 1 aromatic rings. The van der Waals surface area contributed by atoms with Crippen molar-refractivity contribution < 1.29 is 4.79 Å². The summed E-state index contributed by atoms with van der Waals surface area (Å²) >= 11 is 3.29. The van der Waals surface area contributed by atoms with Crippen LogP contribution < -0.4 is 0 Å². The summed E-state index contributed by atoms with van der Waals surface area (Å²) < 4.78 is 2.68. The van der Waals surface area contributed by atoms with Gasteiger partial charge in [-0.2, -0.15) is 5.10 Å². The van der Waals surface area contributed by atoms with E-state index in [4.69, 9.17) is 0 Å². The number of aryl methyl sites for hydroxylation is 2. The molecule has 0 radical (unpaired) electrons. The van der Waals surface area contributed by atoms with Crippen LogP contribution in [0, 0.1) is 0 Å². The molecule has 66 valence electrons. The van der Waals surface area contributed by atoms with Gasteiger partial charge in [-0.3, -0.25) is 4.68 Å². The molecule has 0 amide bonds. The van der Waals surface area contributed by atoms with Crippen LogP contribution in [-0.4, -0.2) is 16.1 Å². The third-order valence-corrected chi connectivity index (χ3v) is 2.09. The smallest absolute Gasteiger partial charge is 0.128 e. The maximum atomic E-state index is 10.1. The van der Waals surface area contributed by atoms with E-state index in [2.05, 4.69) is 21.0 Å². The normalized spacial score (nSPS) is 10.2. The van der Waals surface area contributed by atoms with E-state index in [1.165, 1.54) is 0 Å². The fraction of sp³-hybridized carbons (Fsp3) is 0.500. The van der Waals surface area contributed by atoms with E-state index in [9.17, 15) is 4.79 Å². The number of aldehydes is 1. The van der Waals surface area contributed by atoms with Gasteiger partial charge in [0.25, 0.3) is 0 Å². The summed E-state index contributed by atoms with van der Waals surface area (Å²) in [5, 5.41) is 4.13. The zero-order valence-electron chi connectivity index (χ0n) is 6.96. The molecule has 0 fully saturated rings. The van der Waals surface area contributed by atoms with Crippen molar-refractivity contribution in [3.8, 4) is 0 Å². The first-order valence-electron chi connectivity index (χ1n) is 3.86. The van der Waals surface area contributed by atoms with Crippen molar-refractivity contribution >= 4 is 22.2 Å². The van der Waals surface area contributed by atoms with Crippen molar-refractivity contribution in [1.29, 1.82) is 0 Å². The summed E-state index contributed by atoms with van der Waals surface area (Å²) in [4.78, 5) is 10.1. The van der Waals surface area contributed by atoms with Crippen LogP contribution in [-0.2, 0) is 18.3 Å². The summed E-state index contributed by atoms with van der Waals surface area (Å²) in [5.74, 6) is 0. The Morgan fingerprint density at radius 1 is 1.75 bits per heavy atom. The van der Waals surface area contributed by atoms with Gasteiger partial charge in [0.1, 0.15) is 10.9 Å². The minimum absolute atomic E-state index is 0.628. The van der Waals surface area contributed by atoms with Crippen molar-refractivity contribution in [2.24, 2.45) is 7.05 Å². The van der Waals surface area contributed by atoms with Crippen LogP contribution in [0.4, 0.5) is 0 Å². The third-order valence-electron chi connectivity index (χ3n) is 1.70. The lowest BCUT2D eigenvalue weighted by molar-refractivity contribution is -0.107. The molecular formula is C8H11BrN2O. The van der Waals surface area contributed by atoms with Gasteiger partial charge in [0, 0.05) is 19.2 Å². The van der Waals surface area contributed by atoms with Crippen LogP contribution in [0.5, 0.6) is 0 Å². The predicted molar refractivity (Wildman–Crippen MR) is 49.9 cm³/mol. The van der Waals surface area contributed by atoms with E-state index in [1.54, 1.807) is 0 Å². The van der Waals surface area contributed by atoms with Gasteiger partial charge in [-0.15, -0.1) is 0 Å². The third kappa shape index (κ3) is 2.44. The second-order valence-corrected chi connectivity index (χ2v) is 3.45. The average molecular weight is 231 g/mol. The maximum absolute atomic E-state index is 10.1. The molecule has 3 nitrogen and oxygen atoms in total. The van der Waals surface area contributed by atoms with Gasteiger partial charge in [0.15, 0.2) is 0 Å². The molecule has 0 N–H and O–H groups in total. The lowest BCUT2D eigenvalue weighted by atomic mass is 10.2. The standard InChI is InChI=1S/C8H11BrN2O/c1-11-7(4-2-3-5-12)6-8(9)10-11/h5-6H,2-4H2,1H3. The van der Waals surface area contributed by atoms with Gasteiger partial charge in [-0.1, -0.05) is 0 Å². The van der Waals surface area contributed by atoms with Crippen LogP contribution >= 0.6 is 15.9 Å². The van der Waals surface area contributed by atoms with Gasteiger partial charge in [0.05, 0.1) is 0 Å². The quantitative estimate of drug-likeness (QED) is 0.584. The Hall–Kier alpha value is -0.640. The van der Waals surface area contributed by atoms with Crippen LogP contribution in [0.3, 0.4) is 0 Å². The Morgan fingerprint density at radius 2 is 2.50 bits per heavy atom. The molecule has 0 aliphatic heterocycles. The molecule has 1 rings (SSSR count). The highest BCUT2D eigenvalue weighted by atomic mass is 79.9. The second kappa shape index (κ2) is 4.40. The Morgan fingerprint density at radius 3 is 3.00 bits per heavy atom. The van der Waals surface area contributed by atoms with Gasteiger partial charge < -0.3 is 4.79 Å². The Kier molecular flexibility index (Phi) is 3.47. The van der Waals surface area contributed by atoms with E-state index in [-0.39, 0.29) is 0 Å². The molecule has 1 heterocycles. The van der Waals surface area contributed by atoms with E-state index >= 15 is 0 Å². The maximum Gasteiger partial charge on any atom is 0.128 e. The first-order chi connectivity index (χ1) is 5.74. The molecule has 0 saturated carbocycles. The van der Waals surface area contributed by atoms with E-state index in [0.717, 1.165) is 29.4 Å². The number of unbranched alkanes of at least 4 members (excludes halogenated alkanes) is 1. The van der Waals surface area contributed by atoms with Crippen LogP contribution in [0.1, 0.15) is 18.5 Å². The molecule has 0 unspecified atom stereocenters. The Labute approximate surface area is 79.9 Å².